The van der Waals surface area contributed by atoms with Gasteiger partial charge in [-0.1, -0.05) is 25.9 Å². The number of likely N-dealkylation sites (tertiary alicyclic amines) is 1. The zero-order chi connectivity index (χ0) is 16.2. The topological polar surface area (TPSA) is 70.4 Å². The molecule has 1 aliphatic heterocycles. The van der Waals surface area contributed by atoms with Crippen LogP contribution in [0.2, 0.25) is 0 Å². The van der Waals surface area contributed by atoms with Gasteiger partial charge in [-0.2, -0.15) is 0 Å². The van der Waals surface area contributed by atoms with E-state index in [0.29, 0.717) is 18.3 Å². The number of nitrogens with zero attached hydrogens (tertiary/aromatic N) is 2. The van der Waals surface area contributed by atoms with Crippen LogP contribution in [0, 0.1) is 5.92 Å². The number of aromatic nitrogens is 1. The Kier molecular flexibility index (Phi) is 5.58. The number of anilines is 1. The third-order valence-corrected chi connectivity index (χ3v) is 4.00. The summed E-state index contributed by atoms with van der Waals surface area (Å²) in [6, 6.07) is 1.80. The van der Waals surface area contributed by atoms with Gasteiger partial charge in [-0.3, -0.25) is 15.0 Å². The molecule has 2 heterocycles. The van der Waals surface area contributed by atoms with Crippen molar-refractivity contribution in [3.63, 3.8) is 0 Å². The molecule has 124 valence electrons. The molecular weight excluding hydrogens is 280 g/mol. The molecule has 2 rings (SSSR count). The van der Waals surface area contributed by atoms with Gasteiger partial charge >= 0.3 is 0 Å². The number of hydrogen-bond donors (Lipinski definition) is 2. The molecule has 0 aliphatic carbocycles. The van der Waals surface area contributed by atoms with E-state index >= 15 is 0 Å². The molecule has 1 aliphatic rings. The molecule has 1 amide bonds. The fraction of sp³-hybridized carbons (Fsp3) is 0.750. The van der Waals surface area contributed by atoms with E-state index in [1.165, 1.54) is 6.42 Å². The van der Waals surface area contributed by atoms with E-state index in [1.54, 1.807) is 6.07 Å². The van der Waals surface area contributed by atoms with Crippen LogP contribution < -0.4 is 10.6 Å². The van der Waals surface area contributed by atoms with Crippen LogP contribution in [0.1, 0.15) is 39.3 Å². The maximum atomic E-state index is 12.1. The Hall–Kier alpha value is -1.40. The summed E-state index contributed by atoms with van der Waals surface area (Å²) in [6.07, 6.45) is 2.38. The van der Waals surface area contributed by atoms with Gasteiger partial charge in [0.15, 0.2) is 0 Å². The molecule has 1 fully saturated rings. The Morgan fingerprint density at radius 2 is 2.27 bits per heavy atom. The third-order valence-electron chi connectivity index (χ3n) is 4.00. The summed E-state index contributed by atoms with van der Waals surface area (Å²) in [5.74, 6) is 1.02. The van der Waals surface area contributed by atoms with Crippen LogP contribution in [-0.4, -0.2) is 49.2 Å². The van der Waals surface area contributed by atoms with Crippen molar-refractivity contribution in [1.82, 2.24) is 15.4 Å². The molecule has 1 aromatic heterocycles. The molecule has 1 aromatic rings. The SMILES string of the molecule is CNCC1CCCN(CC(=O)Nc2cc(C(C)(C)C)no2)C1. The maximum absolute atomic E-state index is 12.1. The summed E-state index contributed by atoms with van der Waals surface area (Å²) in [4.78, 5) is 14.4. The molecular formula is C16H28N4O2. The van der Waals surface area contributed by atoms with Gasteiger partial charge in [0.2, 0.25) is 11.8 Å². The van der Waals surface area contributed by atoms with Gasteiger partial charge in [-0.25, -0.2) is 0 Å². The average molecular weight is 308 g/mol. The fourth-order valence-electron chi connectivity index (χ4n) is 2.82. The number of rotatable bonds is 5. The normalized spacial score (nSPS) is 20.1. The van der Waals surface area contributed by atoms with E-state index in [4.69, 9.17) is 4.52 Å². The number of carbonyl (C=O) groups is 1. The Morgan fingerprint density at radius 3 is 2.91 bits per heavy atom. The van der Waals surface area contributed by atoms with Gasteiger partial charge in [0, 0.05) is 18.0 Å². The van der Waals surface area contributed by atoms with Crippen molar-refractivity contribution in [2.75, 3.05) is 38.5 Å². The van der Waals surface area contributed by atoms with Crippen LogP contribution in [0.5, 0.6) is 0 Å². The minimum Gasteiger partial charge on any atom is -0.338 e. The Morgan fingerprint density at radius 1 is 1.50 bits per heavy atom. The van der Waals surface area contributed by atoms with E-state index in [-0.39, 0.29) is 11.3 Å². The first-order valence-corrected chi connectivity index (χ1v) is 8.02. The second kappa shape index (κ2) is 7.24. The van der Waals surface area contributed by atoms with Crippen molar-refractivity contribution in [2.24, 2.45) is 5.92 Å². The minimum absolute atomic E-state index is 0.0401. The molecule has 6 nitrogen and oxygen atoms in total. The molecule has 1 unspecified atom stereocenters. The predicted molar refractivity (Wildman–Crippen MR) is 86.9 cm³/mol. The van der Waals surface area contributed by atoms with Gasteiger partial charge < -0.3 is 9.84 Å². The number of nitrogens with one attached hydrogen (secondary N) is 2. The van der Waals surface area contributed by atoms with Crippen LogP contribution in [0.4, 0.5) is 5.88 Å². The molecule has 0 spiro atoms. The first kappa shape index (κ1) is 17.0. The van der Waals surface area contributed by atoms with Crippen LogP contribution >= 0.6 is 0 Å². The summed E-state index contributed by atoms with van der Waals surface area (Å²) in [5, 5.41) is 10.0. The second-order valence-corrected chi connectivity index (χ2v) is 7.18. The van der Waals surface area contributed by atoms with Gasteiger partial charge in [-0.05, 0) is 38.9 Å². The van der Waals surface area contributed by atoms with Crippen molar-refractivity contribution in [3.05, 3.63) is 11.8 Å². The summed E-state index contributed by atoms with van der Waals surface area (Å²) in [5.41, 5.74) is 0.759. The van der Waals surface area contributed by atoms with Crippen LogP contribution in [0.25, 0.3) is 0 Å². The lowest BCUT2D eigenvalue weighted by Crippen LogP contribution is -2.42. The Labute approximate surface area is 132 Å². The number of carbonyl (C=O) groups excluding carboxylic acids is 1. The van der Waals surface area contributed by atoms with Gasteiger partial charge in [0.05, 0.1) is 12.2 Å². The first-order valence-electron chi connectivity index (χ1n) is 8.02. The average Bonchev–Trinajstić information content (AvgIpc) is 2.87. The molecule has 0 saturated carbocycles. The maximum Gasteiger partial charge on any atom is 0.240 e. The smallest absolute Gasteiger partial charge is 0.240 e. The number of amides is 1. The van der Waals surface area contributed by atoms with Gasteiger partial charge in [0.25, 0.3) is 0 Å². The summed E-state index contributed by atoms with van der Waals surface area (Å²) < 4.78 is 5.20. The van der Waals surface area contributed by atoms with Crippen molar-refractivity contribution in [1.29, 1.82) is 0 Å². The molecule has 1 saturated heterocycles. The van der Waals surface area contributed by atoms with Gasteiger partial charge in [0.1, 0.15) is 0 Å². The minimum atomic E-state index is -0.0836. The molecule has 0 aromatic carbocycles. The van der Waals surface area contributed by atoms with E-state index in [1.807, 2.05) is 7.05 Å². The first-order chi connectivity index (χ1) is 10.4. The molecule has 0 radical (unpaired) electrons. The summed E-state index contributed by atoms with van der Waals surface area (Å²) in [6.45, 7) is 9.56. The largest absolute Gasteiger partial charge is 0.338 e. The van der Waals surface area contributed by atoms with Crippen LogP contribution in [0.15, 0.2) is 10.6 Å². The summed E-state index contributed by atoms with van der Waals surface area (Å²) in [7, 11) is 1.97. The van der Waals surface area contributed by atoms with Gasteiger partial charge in [-0.15, -0.1) is 0 Å². The van der Waals surface area contributed by atoms with E-state index < -0.39 is 0 Å². The van der Waals surface area contributed by atoms with Crippen LogP contribution in [-0.2, 0) is 10.2 Å². The zero-order valence-corrected chi connectivity index (χ0v) is 14.1. The lowest BCUT2D eigenvalue weighted by molar-refractivity contribution is -0.117. The molecule has 2 N–H and O–H groups in total. The highest BCUT2D eigenvalue weighted by atomic mass is 16.5. The second-order valence-electron chi connectivity index (χ2n) is 7.18. The zero-order valence-electron chi connectivity index (χ0n) is 14.1. The van der Waals surface area contributed by atoms with Crippen molar-refractivity contribution < 1.29 is 9.32 Å². The molecule has 22 heavy (non-hydrogen) atoms. The van der Waals surface area contributed by atoms with Crippen molar-refractivity contribution >= 4 is 11.8 Å². The molecule has 6 heteroatoms. The highest BCUT2D eigenvalue weighted by Crippen LogP contribution is 2.23. The third kappa shape index (κ3) is 4.81. The Bertz CT molecular complexity index is 491. The van der Waals surface area contributed by atoms with E-state index in [2.05, 4.69) is 41.5 Å². The standard InChI is InChI=1S/C16H28N4O2/c1-16(2,3)13-8-15(22-19-13)18-14(21)11-20-7-5-6-12(10-20)9-17-4/h8,12,17H,5-7,9-11H2,1-4H3,(H,18,21). The lowest BCUT2D eigenvalue weighted by Gasteiger charge is -2.31. The lowest BCUT2D eigenvalue weighted by atomic mass is 9.92. The van der Waals surface area contributed by atoms with Crippen LogP contribution in [0.3, 0.4) is 0 Å². The highest BCUT2D eigenvalue weighted by Gasteiger charge is 2.23. The fourth-order valence-corrected chi connectivity index (χ4v) is 2.82. The Balaban J connectivity index is 1.83. The monoisotopic (exact) mass is 308 g/mol. The highest BCUT2D eigenvalue weighted by molar-refractivity contribution is 5.91. The molecule has 1 atom stereocenters. The van der Waals surface area contributed by atoms with E-state index in [9.17, 15) is 4.79 Å². The van der Waals surface area contributed by atoms with Crippen molar-refractivity contribution in [3.8, 4) is 0 Å². The van der Waals surface area contributed by atoms with Crippen molar-refractivity contribution in [2.45, 2.75) is 39.0 Å². The quantitative estimate of drug-likeness (QED) is 0.868. The predicted octanol–water partition coefficient (Wildman–Crippen LogP) is 1.84. The summed E-state index contributed by atoms with van der Waals surface area (Å²) >= 11 is 0. The van der Waals surface area contributed by atoms with E-state index in [0.717, 1.165) is 31.7 Å². The number of hydrogen-bond acceptors (Lipinski definition) is 5. The molecule has 0 bridgehead atoms. The number of piperidine rings is 1.